The highest BCUT2D eigenvalue weighted by Crippen LogP contribution is 2.51. The molecule has 0 N–H and O–H groups in total. The van der Waals surface area contributed by atoms with Crippen molar-refractivity contribution in [3.63, 3.8) is 0 Å². The second-order valence-corrected chi connectivity index (χ2v) is 9.47. The minimum Gasteiger partial charge on any atom is -0.0683 e. The molecule has 0 nitrogen and oxygen atoms in total. The zero-order valence-corrected chi connectivity index (χ0v) is 21.7. The highest BCUT2D eigenvalue weighted by molar-refractivity contribution is 6.10. The standard InChI is InChI=1S/C31H22.2C2H6/c1-31(2)29-17-24-14-21-9-4-3-8-20(21)13-23(24)16-28(29)27-15-22-12-11-19-7-5-6-10-25(19)26(22)18-30(27)31;2*1-2/h3-18H,1-2H3;2*1-2H3. The van der Waals surface area contributed by atoms with E-state index in [1.165, 1.54) is 65.3 Å². The van der Waals surface area contributed by atoms with Gasteiger partial charge in [-0.2, -0.15) is 0 Å². The van der Waals surface area contributed by atoms with Gasteiger partial charge in [0.25, 0.3) is 0 Å². The van der Waals surface area contributed by atoms with E-state index in [-0.39, 0.29) is 5.41 Å². The Balaban J connectivity index is 0.000000605. The second-order valence-electron chi connectivity index (χ2n) is 9.47. The van der Waals surface area contributed by atoms with Gasteiger partial charge in [-0.1, -0.05) is 102 Å². The van der Waals surface area contributed by atoms with Crippen LogP contribution in [0.5, 0.6) is 0 Å². The lowest BCUT2D eigenvalue weighted by Crippen LogP contribution is -2.14. The first-order chi connectivity index (χ1) is 17.1. The van der Waals surface area contributed by atoms with E-state index >= 15 is 0 Å². The van der Waals surface area contributed by atoms with E-state index in [0.717, 1.165) is 0 Å². The van der Waals surface area contributed by atoms with Crippen LogP contribution < -0.4 is 0 Å². The fourth-order valence-corrected chi connectivity index (χ4v) is 5.67. The van der Waals surface area contributed by atoms with Crippen molar-refractivity contribution < 1.29 is 0 Å². The molecule has 1 aliphatic carbocycles. The summed E-state index contributed by atoms with van der Waals surface area (Å²) in [4.78, 5) is 0. The topological polar surface area (TPSA) is 0 Å². The fraction of sp³-hybridized carbons (Fsp3) is 0.200. The average molecular weight is 455 g/mol. The summed E-state index contributed by atoms with van der Waals surface area (Å²) in [6, 6.07) is 36.3. The molecular weight excluding hydrogens is 420 g/mol. The van der Waals surface area contributed by atoms with Gasteiger partial charge in [0.2, 0.25) is 0 Å². The third kappa shape index (κ3) is 3.51. The van der Waals surface area contributed by atoms with E-state index in [1.54, 1.807) is 0 Å². The van der Waals surface area contributed by atoms with Gasteiger partial charge in [0.15, 0.2) is 0 Å². The monoisotopic (exact) mass is 454 g/mol. The smallest absolute Gasteiger partial charge is 0.0159 e. The predicted molar refractivity (Wildman–Crippen MR) is 157 cm³/mol. The van der Waals surface area contributed by atoms with E-state index in [2.05, 4.69) is 111 Å². The van der Waals surface area contributed by atoms with Crippen molar-refractivity contribution in [3.8, 4) is 11.1 Å². The first kappa shape index (κ1) is 23.1. The summed E-state index contributed by atoms with van der Waals surface area (Å²) in [6.45, 7) is 12.8. The highest BCUT2D eigenvalue weighted by Gasteiger charge is 2.36. The molecule has 0 aliphatic heterocycles. The van der Waals surface area contributed by atoms with Crippen molar-refractivity contribution in [1.82, 2.24) is 0 Å². The van der Waals surface area contributed by atoms with E-state index in [4.69, 9.17) is 0 Å². The molecule has 0 heteroatoms. The van der Waals surface area contributed by atoms with Crippen LogP contribution in [0.15, 0.2) is 97.1 Å². The highest BCUT2D eigenvalue weighted by atomic mass is 14.4. The first-order valence-corrected chi connectivity index (χ1v) is 13.0. The Morgan fingerprint density at radius 3 is 1.54 bits per heavy atom. The van der Waals surface area contributed by atoms with Gasteiger partial charge in [0.1, 0.15) is 0 Å². The van der Waals surface area contributed by atoms with Crippen LogP contribution in [0, 0.1) is 0 Å². The molecule has 0 atom stereocenters. The molecule has 0 heterocycles. The molecule has 0 fully saturated rings. The molecule has 7 rings (SSSR count). The van der Waals surface area contributed by atoms with E-state index in [1.807, 2.05) is 27.7 Å². The lowest BCUT2D eigenvalue weighted by Gasteiger charge is -2.22. The molecule has 1 aliphatic rings. The van der Waals surface area contributed by atoms with Crippen LogP contribution in [0.25, 0.3) is 54.2 Å². The van der Waals surface area contributed by atoms with Crippen LogP contribution >= 0.6 is 0 Å². The van der Waals surface area contributed by atoms with Crippen LogP contribution in [0.4, 0.5) is 0 Å². The van der Waals surface area contributed by atoms with Gasteiger partial charge >= 0.3 is 0 Å². The maximum Gasteiger partial charge on any atom is 0.0159 e. The average Bonchev–Trinajstić information content (AvgIpc) is 3.12. The van der Waals surface area contributed by atoms with Gasteiger partial charge in [-0.3, -0.25) is 0 Å². The molecule has 0 aromatic heterocycles. The van der Waals surface area contributed by atoms with Crippen LogP contribution in [-0.4, -0.2) is 0 Å². The molecule has 0 saturated heterocycles. The van der Waals surface area contributed by atoms with E-state index in [0.29, 0.717) is 0 Å². The molecule has 0 unspecified atom stereocenters. The third-order valence-electron chi connectivity index (χ3n) is 7.36. The summed E-state index contributed by atoms with van der Waals surface area (Å²) < 4.78 is 0. The molecular formula is C35H34. The number of hydrogen-bond acceptors (Lipinski definition) is 0. The van der Waals surface area contributed by atoms with Gasteiger partial charge in [-0.15, -0.1) is 0 Å². The van der Waals surface area contributed by atoms with Crippen molar-refractivity contribution in [2.45, 2.75) is 47.0 Å². The third-order valence-corrected chi connectivity index (χ3v) is 7.36. The summed E-state index contributed by atoms with van der Waals surface area (Å²) in [5, 5.41) is 10.6. The normalized spacial score (nSPS) is 13.1. The van der Waals surface area contributed by atoms with Crippen molar-refractivity contribution in [2.75, 3.05) is 0 Å². The van der Waals surface area contributed by atoms with E-state index in [9.17, 15) is 0 Å². The van der Waals surface area contributed by atoms with Crippen molar-refractivity contribution in [2.24, 2.45) is 0 Å². The zero-order valence-electron chi connectivity index (χ0n) is 21.7. The van der Waals surface area contributed by atoms with Crippen molar-refractivity contribution in [1.29, 1.82) is 0 Å². The number of hydrogen-bond donors (Lipinski definition) is 0. The molecule has 6 aromatic rings. The Morgan fingerprint density at radius 2 is 0.886 bits per heavy atom. The quantitative estimate of drug-likeness (QED) is 0.158. The summed E-state index contributed by atoms with van der Waals surface area (Å²) in [7, 11) is 0. The lowest BCUT2D eigenvalue weighted by atomic mass is 9.81. The van der Waals surface area contributed by atoms with Gasteiger partial charge in [-0.05, 0) is 102 Å². The number of fused-ring (bicyclic) bond motifs is 8. The minimum absolute atomic E-state index is 0.0182. The maximum absolute atomic E-state index is 2.45. The summed E-state index contributed by atoms with van der Waals surface area (Å²) in [6.07, 6.45) is 0. The van der Waals surface area contributed by atoms with Gasteiger partial charge in [0.05, 0.1) is 0 Å². The molecule has 6 aromatic carbocycles. The maximum atomic E-state index is 2.45. The zero-order chi connectivity index (χ0) is 24.7. The Labute approximate surface area is 209 Å². The van der Waals surface area contributed by atoms with Crippen LogP contribution in [0.1, 0.15) is 52.7 Å². The fourth-order valence-electron chi connectivity index (χ4n) is 5.67. The molecule has 35 heavy (non-hydrogen) atoms. The van der Waals surface area contributed by atoms with Gasteiger partial charge < -0.3 is 0 Å². The molecule has 0 bridgehead atoms. The summed E-state index contributed by atoms with van der Waals surface area (Å²) in [5.74, 6) is 0. The predicted octanol–water partition coefficient (Wildman–Crippen LogP) is 10.7. The van der Waals surface area contributed by atoms with E-state index < -0.39 is 0 Å². The molecule has 0 amide bonds. The summed E-state index contributed by atoms with van der Waals surface area (Å²) >= 11 is 0. The summed E-state index contributed by atoms with van der Waals surface area (Å²) in [5.41, 5.74) is 5.63. The van der Waals surface area contributed by atoms with Crippen molar-refractivity contribution >= 4 is 43.1 Å². The first-order valence-electron chi connectivity index (χ1n) is 13.0. The Bertz CT molecular complexity index is 1690. The molecule has 0 radical (unpaired) electrons. The van der Waals surface area contributed by atoms with Crippen molar-refractivity contribution in [3.05, 3.63) is 108 Å². The van der Waals surface area contributed by atoms with Crippen LogP contribution in [-0.2, 0) is 5.41 Å². The largest absolute Gasteiger partial charge is 0.0683 e. The van der Waals surface area contributed by atoms with Gasteiger partial charge in [0, 0.05) is 5.41 Å². The Morgan fingerprint density at radius 1 is 0.400 bits per heavy atom. The lowest BCUT2D eigenvalue weighted by molar-refractivity contribution is 0.662. The molecule has 0 saturated carbocycles. The SMILES string of the molecule is CC.CC.CC1(C)c2cc3cc4ccccc4cc3cc2-c2cc3ccc4ccccc4c3cc21. The number of rotatable bonds is 0. The Hall–Kier alpha value is -3.64. The molecule has 0 spiro atoms. The second kappa shape index (κ2) is 8.86. The minimum atomic E-state index is -0.0182. The van der Waals surface area contributed by atoms with Crippen LogP contribution in [0.2, 0.25) is 0 Å². The van der Waals surface area contributed by atoms with Crippen LogP contribution in [0.3, 0.4) is 0 Å². The Kier molecular flexibility index (Phi) is 5.85. The van der Waals surface area contributed by atoms with Gasteiger partial charge in [-0.25, -0.2) is 0 Å². The molecule has 174 valence electrons. The number of benzene rings is 6.